The number of urea groups is 1. The van der Waals surface area contributed by atoms with Crippen LogP contribution in [0.5, 0.6) is 0 Å². The number of hydrogen-bond acceptors (Lipinski definition) is 3. The Balaban J connectivity index is 1.91. The summed E-state index contributed by atoms with van der Waals surface area (Å²) in [5.41, 5.74) is -1.08. The number of nitrogens with zero attached hydrogens (tertiary/aromatic N) is 1. The summed E-state index contributed by atoms with van der Waals surface area (Å²) in [5.74, 6) is -0.376. The van der Waals surface area contributed by atoms with E-state index in [9.17, 15) is 14.7 Å². The first-order valence-electron chi connectivity index (χ1n) is 7.42. The summed E-state index contributed by atoms with van der Waals surface area (Å²) in [4.78, 5) is 25.8. The largest absolute Gasteiger partial charge is 0.480 e. The van der Waals surface area contributed by atoms with Crippen LogP contribution in [0.3, 0.4) is 0 Å². The molecule has 6 heteroatoms. The molecule has 2 amide bonds. The van der Waals surface area contributed by atoms with Crippen molar-refractivity contribution in [1.29, 1.82) is 0 Å². The topological polar surface area (TPSA) is 81.7 Å². The van der Waals surface area contributed by atoms with Crippen LogP contribution in [0.2, 0.25) is 0 Å². The van der Waals surface area contributed by atoms with Crippen molar-refractivity contribution in [2.24, 2.45) is 5.92 Å². The Kier molecular flexibility index (Phi) is 4.52. The lowest BCUT2D eigenvalue weighted by Gasteiger charge is -2.36. The second-order valence-corrected chi connectivity index (χ2v) is 6.42. The molecule has 1 saturated heterocycles. The van der Waals surface area contributed by atoms with E-state index in [1.165, 1.54) is 0 Å². The highest BCUT2D eigenvalue weighted by Crippen LogP contribution is 2.32. The first-order valence-corrected chi connectivity index (χ1v) is 7.42. The van der Waals surface area contributed by atoms with Gasteiger partial charge >= 0.3 is 12.0 Å². The van der Waals surface area contributed by atoms with E-state index in [1.54, 1.807) is 0 Å². The number of nitrogens with one attached hydrogen (secondary N) is 2. The van der Waals surface area contributed by atoms with Gasteiger partial charge in [0, 0.05) is 12.6 Å². The fourth-order valence-electron chi connectivity index (χ4n) is 3.14. The van der Waals surface area contributed by atoms with Gasteiger partial charge in [0.25, 0.3) is 0 Å². The van der Waals surface area contributed by atoms with Gasteiger partial charge in [-0.3, -0.25) is 0 Å². The van der Waals surface area contributed by atoms with Crippen molar-refractivity contribution in [1.82, 2.24) is 15.5 Å². The molecule has 1 aliphatic heterocycles. The van der Waals surface area contributed by atoms with Crippen molar-refractivity contribution in [3.63, 3.8) is 0 Å². The van der Waals surface area contributed by atoms with Gasteiger partial charge in [-0.1, -0.05) is 6.92 Å². The molecule has 1 unspecified atom stereocenters. The van der Waals surface area contributed by atoms with Crippen molar-refractivity contribution in [3.05, 3.63) is 0 Å². The lowest BCUT2D eigenvalue weighted by atomic mass is 9.77. The minimum atomic E-state index is -1.08. The summed E-state index contributed by atoms with van der Waals surface area (Å²) < 4.78 is 0. The molecule has 0 aromatic rings. The molecule has 1 saturated carbocycles. The molecule has 0 radical (unpaired) electrons. The number of hydrogen-bond donors (Lipinski definition) is 3. The SMILES string of the molecule is CC1CCC(NC(=O)NC2CCN(C)C2)(C(=O)O)CC1. The molecule has 0 aromatic heterocycles. The predicted molar refractivity (Wildman–Crippen MR) is 75.6 cm³/mol. The molecule has 0 bridgehead atoms. The van der Waals surface area contributed by atoms with E-state index >= 15 is 0 Å². The highest BCUT2D eigenvalue weighted by molar-refractivity contribution is 5.86. The molecule has 0 spiro atoms. The van der Waals surface area contributed by atoms with Crippen molar-refractivity contribution >= 4 is 12.0 Å². The zero-order chi connectivity index (χ0) is 14.8. The van der Waals surface area contributed by atoms with Gasteiger partial charge in [-0.2, -0.15) is 0 Å². The summed E-state index contributed by atoms with van der Waals surface area (Å²) >= 11 is 0. The third-order valence-corrected chi connectivity index (χ3v) is 4.62. The Bertz CT molecular complexity index is 378. The Hall–Kier alpha value is -1.30. The van der Waals surface area contributed by atoms with Gasteiger partial charge in [0.15, 0.2) is 0 Å². The molecule has 0 aromatic carbocycles. The fourth-order valence-corrected chi connectivity index (χ4v) is 3.14. The molecule has 1 aliphatic carbocycles. The quantitative estimate of drug-likeness (QED) is 0.722. The Labute approximate surface area is 119 Å². The second-order valence-electron chi connectivity index (χ2n) is 6.42. The number of likely N-dealkylation sites (tertiary alicyclic amines) is 1. The van der Waals surface area contributed by atoms with E-state index in [1.807, 2.05) is 7.05 Å². The van der Waals surface area contributed by atoms with Crippen molar-refractivity contribution < 1.29 is 14.7 Å². The third-order valence-electron chi connectivity index (χ3n) is 4.62. The van der Waals surface area contributed by atoms with Crippen LogP contribution in [0, 0.1) is 5.92 Å². The van der Waals surface area contributed by atoms with E-state index in [-0.39, 0.29) is 12.1 Å². The first kappa shape index (κ1) is 15.1. The zero-order valence-corrected chi connectivity index (χ0v) is 12.3. The summed E-state index contributed by atoms with van der Waals surface area (Å²) in [6, 6.07) is -0.226. The van der Waals surface area contributed by atoms with Crippen LogP contribution in [-0.4, -0.2) is 53.7 Å². The highest BCUT2D eigenvalue weighted by atomic mass is 16.4. The molecular weight excluding hydrogens is 258 g/mol. The lowest BCUT2D eigenvalue weighted by Crippen LogP contribution is -2.59. The van der Waals surface area contributed by atoms with Crippen molar-refractivity contribution in [3.8, 4) is 0 Å². The van der Waals surface area contributed by atoms with Crippen LogP contribution in [0.25, 0.3) is 0 Å². The smallest absolute Gasteiger partial charge is 0.329 e. The maximum Gasteiger partial charge on any atom is 0.329 e. The van der Waals surface area contributed by atoms with E-state index in [2.05, 4.69) is 22.5 Å². The van der Waals surface area contributed by atoms with Crippen LogP contribution in [0.1, 0.15) is 39.0 Å². The third kappa shape index (κ3) is 3.42. The van der Waals surface area contributed by atoms with E-state index in [4.69, 9.17) is 0 Å². The van der Waals surface area contributed by atoms with Gasteiger partial charge in [0.1, 0.15) is 5.54 Å². The van der Waals surface area contributed by atoms with Gasteiger partial charge in [-0.05, 0) is 51.6 Å². The number of rotatable bonds is 3. The Morgan fingerprint density at radius 3 is 2.40 bits per heavy atom. The fraction of sp³-hybridized carbons (Fsp3) is 0.857. The molecule has 3 N–H and O–H groups in total. The summed E-state index contributed by atoms with van der Waals surface area (Å²) in [5, 5.41) is 15.1. The normalized spacial score (nSPS) is 34.7. The average Bonchev–Trinajstić information content (AvgIpc) is 2.77. The van der Waals surface area contributed by atoms with Crippen LogP contribution < -0.4 is 10.6 Å². The molecule has 1 atom stereocenters. The van der Waals surface area contributed by atoms with E-state index < -0.39 is 11.5 Å². The molecule has 2 aliphatic rings. The molecule has 114 valence electrons. The number of carboxylic acids is 1. The number of likely N-dealkylation sites (N-methyl/N-ethyl adjacent to an activating group) is 1. The number of carbonyl (C=O) groups excluding carboxylic acids is 1. The predicted octanol–water partition coefficient (Wildman–Crippen LogP) is 1.02. The van der Waals surface area contributed by atoms with E-state index in [0.717, 1.165) is 32.4 Å². The van der Waals surface area contributed by atoms with E-state index in [0.29, 0.717) is 18.8 Å². The number of carboxylic acid groups (broad SMARTS) is 1. The Morgan fingerprint density at radius 2 is 1.90 bits per heavy atom. The van der Waals surface area contributed by atoms with Crippen LogP contribution in [-0.2, 0) is 4.79 Å². The Morgan fingerprint density at radius 1 is 1.25 bits per heavy atom. The molecule has 2 fully saturated rings. The highest BCUT2D eigenvalue weighted by Gasteiger charge is 2.42. The van der Waals surface area contributed by atoms with Crippen LogP contribution >= 0.6 is 0 Å². The van der Waals surface area contributed by atoms with Crippen molar-refractivity contribution in [2.45, 2.75) is 50.6 Å². The number of aliphatic carboxylic acids is 1. The molecule has 20 heavy (non-hydrogen) atoms. The van der Waals surface area contributed by atoms with Gasteiger partial charge in [-0.15, -0.1) is 0 Å². The van der Waals surface area contributed by atoms with Crippen LogP contribution in [0.15, 0.2) is 0 Å². The molecule has 6 nitrogen and oxygen atoms in total. The molecular formula is C14H25N3O3. The number of amides is 2. The number of carbonyl (C=O) groups is 2. The maximum atomic E-state index is 12.1. The maximum absolute atomic E-state index is 12.1. The molecule has 2 rings (SSSR count). The summed E-state index contributed by atoms with van der Waals surface area (Å²) in [7, 11) is 2.01. The lowest BCUT2D eigenvalue weighted by molar-refractivity contribution is -0.146. The van der Waals surface area contributed by atoms with Gasteiger partial charge in [0.2, 0.25) is 0 Å². The summed E-state index contributed by atoms with van der Waals surface area (Å²) in [6.07, 6.45) is 3.64. The standard InChI is InChI=1S/C14H25N3O3/c1-10-3-6-14(7-4-10,12(18)19)16-13(20)15-11-5-8-17(2)9-11/h10-11H,3-9H2,1-2H3,(H,18,19)(H2,15,16,20). The van der Waals surface area contributed by atoms with Crippen LogP contribution in [0.4, 0.5) is 4.79 Å². The second kappa shape index (κ2) is 5.99. The minimum Gasteiger partial charge on any atom is -0.480 e. The van der Waals surface area contributed by atoms with Crippen molar-refractivity contribution in [2.75, 3.05) is 20.1 Å². The van der Waals surface area contributed by atoms with Gasteiger partial charge in [0.05, 0.1) is 0 Å². The van der Waals surface area contributed by atoms with Gasteiger partial charge < -0.3 is 20.6 Å². The first-order chi connectivity index (χ1) is 9.41. The molecule has 1 heterocycles. The van der Waals surface area contributed by atoms with Gasteiger partial charge in [-0.25, -0.2) is 9.59 Å². The summed E-state index contributed by atoms with van der Waals surface area (Å²) in [6.45, 7) is 3.91. The monoisotopic (exact) mass is 283 g/mol. The minimum absolute atomic E-state index is 0.119. The zero-order valence-electron chi connectivity index (χ0n) is 12.3. The average molecular weight is 283 g/mol.